The number of nitrogens with two attached hydrogens (primary N) is 1. The Morgan fingerprint density at radius 3 is 2.67 bits per heavy atom. The molecule has 112 valence electrons. The summed E-state index contributed by atoms with van der Waals surface area (Å²) >= 11 is 0. The number of likely N-dealkylation sites (N-methyl/N-ethyl adjacent to an activating group) is 1. The standard InChI is InChI=1S/C14H18N4O3/c1-18-13(19)8-11(14(18)20)16-10(7-12(15)17-21)9-5-3-2-4-6-9/h2-6,10-11,16,21H,7-8H2,1H3,(H2,15,17). The van der Waals surface area contributed by atoms with Gasteiger partial charge in [-0.3, -0.25) is 19.8 Å². The molecule has 0 aromatic heterocycles. The van der Waals surface area contributed by atoms with Gasteiger partial charge < -0.3 is 10.9 Å². The first-order valence-electron chi connectivity index (χ1n) is 6.60. The Morgan fingerprint density at radius 1 is 1.48 bits per heavy atom. The summed E-state index contributed by atoms with van der Waals surface area (Å²) in [5.41, 5.74) is 6.47. The second-order valence-electron chi connectivity index (χ2n) is 4.97. The highest BCUT2D eigenvalue weighted by Crippen LogP contribution is 2.21. The van der Waals surface area contributed by atoms with Gasteiger partial charge in [-0.25, -0.2) is 0 Å². The summed E-state index contributed by atoms with van der Waals surface area (Å²) in [6.07, 6.45) is 0.358. The van der Waals surface area contributed by atoms with Crippen LogP contribution in [0.25, 0.3) is 0 Å². The Kier molecular flexibility index (Phi) is 4.54. The van der Waals surface area contributed by atoms with Crippen molar-refractivity contribution in [1.29, 1.82) is 0 Å². The second kappa shape index (κ2) is 6.36. The van der Waals surface area contributed by atoms with Crippen LogP contribution in [0.2, 0.25) is 0 Å². The van der Waals surface area contributed by atoms with Gasteiger partial charge in [0, 0.05) is 19.5 Å². The number of nitrogens with zero attached hydrogens (tertiary/aromatic N) is 2. The van der Waals surface area contributed by atoms with Crippen LogP contribution >= 0.6 is 0 Å². The average Bonchev–Trinajstić information content (AvgIpc) is 2.74. The van der Waals surface area contributed by atoms with Gasteiger partial charge >= 0.3 is 0 Å². The average molecular weight is 290 g/mol. The Bertz CT molecular complexity index is 559. The molecule has 1 fully saturated rings. The van der Waals surface area contributed by atoms with Gasteiger partial charge in [-0.1, -0.05) is 35.5 Å². The highest BCUT2D eigenvalue weighted by Gasteiger charge is 2.37. The van der Waals surface area contributed by atoms with Crippen LogP contribution in [0.1, 0.15) is 24.4 Å². The van der Waals surface area contributed by atoms with Crippen LogP contribution in [-0.4, -0.2) is 40.8 Å². The molecule has 0 aliphatic carbocycles. The van der Waals surface area contributed by atoms with Crippen LogP contribution in [0.15, 0.2) is 35.5 Å². The van der Waals surface area contributed by atoms with Gasteiger partial charge in [0.05, 0.1) is 12.5 Å². The zero-order valence-electron chi connectivity index (χ0n) is 11.7. The zero-order valence-corrected chi connectivity index (χ0v) is 11.7. The number of rotatable bonds is 5. The van der Waals surface area contributed by atoms with Crippen molar-refractivity contribution in [2.24, 2.45) is 10.9 Å². The van der Waals surface area contributed by atoms with E-state index in [0.29, 0.717) is 0 Å². The van der Waals surface area contributed by atoms with Gasteiger partial charge in [-0.05, 0) is 5.56 Å². The van der Waals surface area contributed by atoms with E-state index < -0.39 is 6.04 Å². The lowest BCUT2D eigenvalue weighted by atomic mass is 10.0. The third-order valence-electron chi connectivity index (χ3n) is 3.53. The smallest absolute Gasteiger partial charge is 0.246 e. The molecule has 21 heavy (non-hydrogen) atoms. The molecule has 1 aromatic carbocycles. The first-order chi connectivity index (χ1) is 10.0. The minimum Gasteiger partial charge on any atom is -0.409 e. The van der Waals surface area contributed by atoms with Crippen LogP contribution in [0.4, 0.5) is 0 Å². The van der Waals surface area contributed by atoms with E-state index in [9.17, 15) is 9.59 Å². The van der Waals surface area contributed by atoms with Crippen molar-refractivity contribution in [1.82, 2.24) is 10.2 Å². The SMILES string of the molecule is CN1C(=O)CC(NC(CC(N)=NO)c2ccccc2)C1=O. The van der Waals surface area contributed by atoms with E-state index in [0.717, 1.165) is 10.5 Å². The molecule has 2 amide bonds. The van der Waals surface area contributed by atoms with Gasteiger partial charge in [0.1, 0.15) is 5.84 Å². The summed E-state index contributed by atoms with van der Waals surface area (Å²) in [5.74, 6) is -0.421. The minimum atomic E-state index is -0.584. The largest absolute Gasteiger partial charge is 0.409 e. The normalized spacial score (nSPS) is 20.9. The minimum absolute atomic E-state index is 0.0569. The number of nitrogens with one attached hydrogen (secondary N) is 1. The lowest BCUT2D eigenvalue weighted by Crippen LogP contribution is -2.40. The molecule has 1 heterocycles. The Labute approximate surface area is 122 Å². The predicted molar refractivity (Wildman–Crippen MR) is 76.5 cm³/mol. The number of benzene rings is 1. The topological polar surface area (TPSA) is 108 Å². The number of amidine groups is 1. The molecule has 0 bridgehead atoms. The Hall–Kier alpha value is -2.41. The van der Waals surface area contributed by atoms with E-state index in [1.54, 1.807) is 0 Å². The van der Waals surface area contributed by atoms with Gasteiger partial charge in [-0.15, -0.1) is 0 Å². The molecular formula is C14H18N4O3. The fourth-order valence-corrected chi connectivity index (χ4v) is 2.34. The van der Waals surface area contributed by atoms with Gasteiger partial charge in [0.2, 0.25) is 11.8 Å². The predicted octanol–water partition coefficient (Wildman–Crippen LogP) is 0.211. The number of hydrogen-bond acceptors (Lipinski definition) is 5. The number of carbonyl (C=O) groups is 2. The van der Waals surface area contributed by atoms with E-state index in [1.807, 2.05) is 30.3 Å². The van der Waals surface area contributed by atoms with Gasteiger partial charge in [0.15, 0.2) is 0 Å². The Balaban J connectivity index is 2.17. The number of oxime groups is 1. The lowest BCUT2D eigenvalue weighted by molar-refractivity contribution is -0.137. The first-order valence-corrected chi connectivity index (χ1v) is 6.60. The van der Waals surface area contributed by atoms with Crippen LogP contribution in [0.5, 0.6) is 0 Å². The van der Waals surface area contributed by atoms with Gasteiger partial charge in [0.25, 0.3) is 0 Å². The van der Waals surface area contributed by atoms with E-state index >= 15 is 0 Å². The van der Waals surface area contributed by atoms with E-state index in [-0.39, 0.29) is 36.5 Å². The van der Waals surface area contributed by atoms with Crippen LogP contribution in [0, 0.1) is 0 Å². The molecule has 2 atom stereocenters. The summed E-state index contributed by atoms with van der Waals surface area (Å²) < 4.78 is 0. The molecule has 4 N–H and O–H groups in total. The monoisotopic (exact) mass is 290 g/mol. The van der Waals surface area contributed by atoms with E-state index in [2.05, 4.69) is 10.5 Å². The summed E-state index contributed by atoms with van der Waals surface area (Å²) in [5, 5.41) is 14.8. The molecule has 1 saturated heterocycles. The zero-order chi connectivity index (χ0) is 15.4. The first kappa shape index (κ1) is 15.0. The second-order valence-corrected chi connectivity index (χ2v) is 4.97. The molecule has 1 aromatic rings. The van der Waals surface area contributed by atoms with E-state index in [1.165, 1.54) is 7.05 Å². The quantitative estimate of drug-likeness (QED) is 0.236. The maximum Gasteiger partial charge on any atom is 0.246 e. The van der Waals surface area contributed by atoms with Crippen molar-refractivity contribution >= 4 is 17.6 Å². The summed E-state index contributed by atoms with van der Waals surface area (Å²) in [7, 11) is 1.47. The van der Waals surface area contributed by atoms with Gasteiger partial charge in [-0.2, -0.15) is 0 Å². The number of likely N-dealkylation sites (tertiary alicyclic amines) is 1. The maximum absolute atomic E-state index is 12.0. The number of hydrogen-bond donors (Lipinski definition) is 3. The van der Waals surface area contributed by atoms with Crippen LogP contribution in [-0.2, 0) is 9.59 Å². The molecular weight excluding hydrogens is 272 g/mol. The molecule has 0 radical (unpaired) electrons. The molecule has 1 aliphatic rings. The molecule has 2 unspecified atom stereocenters. The number of carbonyl (C=O) groups excluding carboxylic acids is 2. The van der Waals surface area contributed by atoms with Crippen molar-refractivity contribution < 1.29 is 14.8 Å². The summed E-state index contributed by atoms with van der Waals surface area (Å²) in [6, 6.07) is 8.48. The lowest BCUT2D eigenvalue weighted by Gasteiger charge is -2.21. The van der Waals surface area contributed by atoms with Crippen LogP contribution in [0.3, 0.4) is 0 Å². The van der Waals surface area contributed by atoms with Crippen molar-refractivity contribution in [3.05, 3.63) is 35.9 Å². The third-order valence-corrected chi connectivity index (χ3v) is 3.53. The van der Waals surface area contributed by atoms with Crippen molar-refractivity contribution in [2.45, 2.75) is 24.9 Å². The van der Waals surface area contributed by atoms with Crippen molar-refractivity contribution in [3.8, 4) is 0 Å². The molecule has 0 saturated carbocycles. The summed E-state index contributed by atoms with van der Waals surface area (Å²) in [4.78, 5) is 24.7. The highest BCUT2D eigenvalue weighted by molar-refractivity contribution is 6.05. The highest BCUT2D eigenvalue weighted by atomic mass is 16.4. The maximum atomic E-state index is 12.0. The molecule has 1 aliphatic heterocycles. The van der Waals surface area contributed by atoms with Crippen molar-refractivity contribution in [2.75, 3.05) is 7.05 Å². The fourth-order valence-electron chi connectivity index (χ4n) is 2.34. The van der Waals surface area contributed by atoms with Crippen LogP contribution < -0.4 is 11.1 Å². The molecule has 7 heteroatoms. The summed E-state index contributed by atoms with van der Waals surface area (Å²) in [6.45, 7) is 0. The number of imide groups is 1. The van der Waals surface area contributed by atoms with Crippen molar-refractivity contribution in [3.63, 3.8) is 0 Å². The fraction of sp³-hybridized carbons (Fsp3) is 0.357. The molecule has 0 spiro atoms. The number of amides is 2. The Morgan fingerprint density at radius 2 is 2.14 bits per heavy atom. The molecule has 2 rings (SSSR count). The molecule has 7 nitrogen and oxygen atoms in total. The van der Waals surface area contributed by atoms with E-state index in [4.69, 9.17) is 10.9 Å². The third kappa shape index (κ3) is 3.38.